The number of para-hydroxylation sites is 1. The highest BCUT2D eigenvalue weighted by Crippen LogP contribution is 2.43. The van der Waals surface area contributed by atoms with Crippen molar-refractivity contribution in [2.75, 3.05) is 55.5 Å². The number of pyridine rings is 2. The number of amides is 7. The van der Waals surface area contributed by atoms with Crippen LogP contribution in [0.1, 0.15) is 132 Å². The Balaban J connectivity index is 0.699. The second kappa shape index (κ2) is 33.6. The average molecular weight is 1410 g/mol. The van der Waals surface area contributed by atoms with E-state index in [9.17, 15) is 71.4 Å². The van der Waals surface area contributed by atoms with Crippen LogP contribution >= 0.6 is 0 Å². The summed E-state index contributed by atoms with van der Waals surface area (Å²) in [6, 6.07) is 22.4. The first-order chi connectivity index (χ1) is 48.3. The van der Waals surface area contributed by atoms with Crippen LogP contribution in [0.15, 0.2) is 113 Å². The van der Waals surface area contributed by atoms with E-state index in [0.717, 1.165) is 22.0 Å². The number of rotatable bonds is 33. The minimum Gasteiger partial charge on any atom is -0.481 e. The van der Waals surface area contributed by atoms with Gasteiger partial charge in [-0.15, -0.1) is 0 Å². The minimum atomic E-state index is -3.95. The number of nitrogens with zero attached hydrogens (tertiary/aromatic N) is 3. The second-order valence-electron chi connectivity index (χ2n) is 25.3. The number of aromatic nitrogens is 2. The summed E-state index contributed by atoms with van der Waals surface area (Å²) in [7, 11) is -3.95. The first-order valence-corrected chi connectivity index (χ1v) is 35.2. The summed E-state index contributed by atoms with van der Waals surface area (Å²) in [5, 5.41) is 36.2. The molecular formula is C72H83N9O19S. The highest BCUT2D eigenvalue weighted by atomic mass is 32.2. The lowest BCUT2D eigenvalue weighted by atomic mass is 9.84. The highest BCUT2D eigenvalue weighted by Gasteiger charge is 2.52. The lowest BCUT2D eigenvalue weighted by molar-refractivity contribution is -0.193. The molecule has 0 radical (unpaired) electrons. The van der Waals surface area contributed by atoms with Gasteiger partial charge in [-0.2, -0.15) is 0 Å². The summed E-state index contributed by atoms with van der Waals surface area (Å²) in [6.45, 7) is 8.80. The molecule has 7 amide bonds. The van der Waals surface area contributed by atoms with Crippen molar-refractivity contribution < 1.29 is 85.5 Å². The number of aryl methyl sites for hydroxylation is 1. The Labute approximate surface area is 582 Å². The van der Waals surface area contributed by atoms with Crippen molar-refractivity contribution >= 4 is 97.2 Å². The van der Waals surface area contributed by atoms with Gasteiger partial charge in [-0.3, -0.25) is 38.4 Å². The van der Waals surface area contributed by atoms with Gasteiger partial charge in [0.1, 0.15) is 19.3 Å². The number of hydrogen-bond acceptors (Lipinski definition) is 18. The maximum atomic E-state index is 14.5. The van der Waals surface area contributed by atoms with Crippen molar-refractivity contribution in [2.45, 2.75) is 146 Å². The van der Waals surface area contributed by atoms with Crippen molar-refractivity contribution in [1.82, 2.24) is 30.4 Å². The molecule has 8 N–H and O–H groups in total. The van der Waals surface area contributed by atoms with Crippen LogP contribution in [0.3, 0.4) is 0 Å². The summed E-state index contributed by atoms with van der Waals surface area (Å²) in [6.07, 6.45) is 0.379. The molecule has 2 aromatic heterocycles. The van der Waals surface area contributed by atoms with E-state index in [1.54, 1.807) is 55.7 Å². The fraction of sp³-hybridized carbons (Fsp3) is 0.417. The summed E-state index contributed by atoms with van der Waals surface area (Å²) in [5.41, 5.74) is 3.20. The Morgan fingerprint density at radius 1 is 0.752 bits per heavy atom. The first kappa shape index (κ1) is 74.8. The van der Waals surface area contributed by atoms with E-state index < -0.39 is 136 Å². The van der Waals surface area contributed by atoms with Crippen molar-refractivity contribution in [3.8, 4) is 11.4 Å². The number of Topliss-reactive ketones (excluding diaryl/α,β-unsaturated/α-hetero) is 1. The fourth-order valence-electron chi connectivity index (χ4n) is 12.8. The van der Waals surface area contributed by atoms with Crippen molar-refractivity contribution in [2.24, 2.45) is 11.8 Å². The predicted octanol–water partition coefficient (Wildman–Crippen LogP) is 7.67. The van der Waals surface area contributed by atoms with E-state index in [0.29, 0.717) is 59.7 Å². The molecule has 0 saturated carbocycles. The van der Waals surface area contributed by atoms with Crippen LogP contribution in [0.5, 0.6) is 0 Å². The first-order valence-electron chi connectivity index (χ1n) is 33.6. The standard InChI is InChI=1S/C72H83N9O19S/c1-6-27-73-70(93)76-47-17-12-18-48(33-47)101(95,96)41-43-15-11-16-44(32-43)56(36-63(85)86)79-71(94)75-46-25-23-45(24-26-46)74-61(83)22-14-29-97-30-31-98-40-62(84)77-57(37-64(87)88)67(90)80-28-13-21-58(80)60(82)34-51(42(4)5)68(91)100-72(8-3)54-35-59-65-52(38-81(59)66(89)53(54)39-99-69(72)92)49(7-2)50-19-9-10-20-55(50)78-65/h9-12,15-20,23-26,32-33,35,42,51,56-58H,6-8,13-14,21-22,27-31,34,36-41H2,1-5H3,(H,74,83)(H,77,84)(H,85,86)(H,87,88)(H2,73,76,93)(H2,75,79,94)/t51-,56-,57-,58-,72-/m0/s1. The summed E-state index contributed by atoms with van der Waals surface area (Å²) in [5.74, 6) is -9.07. The molecule has 0 unspecified atom stereocenters. The molecule has 4 aromatic carbocycles. The number of nitrogens with one attached hydrogen (secondary N) is 6. The van der Waals surface area contributed by atoms with Gasteiger partial charge in [0.2, 0.25) is 23.3 Å². The zero-order valence-corrected chi connectivity index (χ0v) is 57.5. The van der Waals surface area contributed by atoms with E-state index >= 15 is 0 Å². The lowest BCUT2D eigenvalue weighted by Crippen LogP contribution is -2.53. The number of carbonyl (C=O) groups excluding carboxylic acids is 8. The minimum absolute atomic E-state index is 0.00490. The predicted molar refractivity (Wildman–Crippen MR) is 369 cm³/mol. The number of esters is 2. The number of hydrogen-bond donors (Lipinski definition) is 8. The number of ether oxygens (including phenoxy) is 4. The SMILES string of the molecule is CCCNC(=O)Nc1cccc(S(=O)(=O)Cc2cccc([C@H](CC(=O)O)NC(=O)Nc3ccc(NC(=O)CCCOCCOCC(=O)N[C@@H](CC(=O)O)C(=O)N4CCC[C@H]4C(=O)C[C@H](C(=O)O[C@]4(CC)C(=O)OCc5c4cc4n(c5=O)Cc5c-4nc4ccccc4c5CC)C(C)C)cc3)c2)c1. The van der Waals surface area contributed by atoms with E-state index in [4.69, 9.17) is 23.9 Å². The third kappa shape index (κ3) is 18.3. The number of sulfone groups is 1. The highest BCUT2D eigenvalue weighted by molar-refractivity contribution is 7.90. The van der Waals surface area contributed by atoms with Gasteiger partial charge in [0, 0.05) is 66.1 Å². The van der Waals surface area contributed by atoms with Gasteiger partial charge < -0.3 is 70.5 Å². The molecule has 0 spiro atoms. The van der Waals surface area contributed by atoms with Crippen molar-refractivity contribution in [1.29, 1.82) is 0 Å². The van der Waals surface area contributed by atoms with E-state index in [1.807, 2.05) is 38.1 Å². The maximum Gasteiger partial charge on any atom is 0.355 e. The summed E-state index contributed by atoms with van der Waals surface area (Å²) < 4.78 is 51.4. The molecular weight excluding hydrogens is 1330 g/mol. The fourth-order valence-corrected chi connectivity index (χ4v) is 14.1. The second-order valence-corrected chi connectivity index (χ2v) is 27.3. The molecule has 0 aliphatic carbocycles. The molecule has 6 aromatic rings. The quantitative estimate of drug-likeness (QED) is 0.0144. The Morgan fingerprint density at radius 2 is 1.47 bits per heavy atom. The van der Waals surface area contributed by atoms with Crippen LogP contribution in [0, 0.1) is 11.8 Å². The molecule has 0 bridgehead atoms. The van der Waals surface area contributed by atoms with Crippen LogP contribution in [0.2, 0.25) is 0 Å². The Morgan fingerprint density at radius 3 is 2.18 bits per heavy atom. The molecule has 5 heterocycles. The number of likely N-dealkylation sites (tertiary alicyclic amines) is 1. The van der Waals surface area contributed by atoms with Gasteiger partial charge in [0.15, 0.2) is 15.6 Å². The Bertz CT molecular complexity index is 4330. The molecule has 9 rings (SSSR count). The molecule has 1 fully saturated rings. The Kier molecular flexibility index (Phi) is 24.9. The number of benzene rings is 4. The van der Waals surface area contributed by atoms with Crippen LogP contribution in [0.25, 0.3) is 22.3 Å². The van der Waals surface area contributed by atoms with Crippen molar-refractivity contribution in [3.63, 3.8) is 0 Å². The zero-order valence-electron chi connectivity index (χ0n) is 56.7. The number of fused-ring (bicyclic) bond motifs is 5. The Hall–Kier alpha value is -10.4. The molecule has 3 aliphatic heterocycles. The van der Waals surface area contributed by atoms with Crippen LogP contribution in [-0.2, 0) is 98.1 Å². The van der Waals surface area contributed by atoms with Gasteiger partial charge in [0.05, 0.1) is 83.7 Å². The summed E-state index contributed by atoms with van der Waals surface area (Å²) in [4.78, 5) is 153. The van der Waals surface area contributed by atoms with Crippen molar-refractivity contribution in [3.05, 3.63) is 147 Å². The largest absolute Gasteiger partial charge is 0.481 e. The number of aliphatic carboxylic acids is 2. The van der Waals surface area contributed by atoms with Gasteiger partial charge in [0.25, 0.3) is 5.56 Å². The topological polar surface area (TPSA) is 393 Å². The number of cyclic esters (lactones) is 1. The molecule has 28 nitrogen and oxygen atoms in total. The smallest absolute Gasteiger partial charge is 0.355 e. The van der Waals surface area contributed by atoms with Gasteiger partial charge >= 0.3 is 35.9 Å². The molecule has 536 valence electrons. The van der Waals surface area contributed by atoms with Gasteiger partial charge in [-0.05, 0) is 116 Å². The third-order valence-electron chi connectivity index (χ3n) is 17.9. The van der Waals surface area contributed by atoms with Crippen LogP contribution in [-0.4, -0.2) is 144 Å². The monoisotopic (exact) mass is 1410 g/mol. The molecule has 5 atom stereocenters. The number of carboxylic acids is 2. The number of ketones is 1. The van der Waals surface area contributed by atoms with Gasteiger partial charge in [-0.1, -0.05) is 83.1 Å². The van der Waals surface area contributed by atoms with Crippen LogP contribution in [0.4, 0.5) is 26.7 Å². The number of urea groups is 2. The maximum absolute atomic E-state index is 14.5. The number of carboxylic acid groups (broad SMARTS) is 2. The number of carbonyl (C=O) groups is 10. The number of anilines is 3. The molecule has 29 heteroatoms. The van der Waals surface area contributed by atoms with E-state index in [2.05, 4.69) is 31.9 Å². The zero-order chi connectivity index (χ0) is 72.7. The average Bonchev–Trinajstić information content (AvgIpc) is 1.60. The lowest BCUT2D eigenvalue weighted by Gasteiger charge is -2.37. The molecule has 101 heavy (non-hydrogen) atoms. The summed E-state index contributed by atoms with van der Waals surface area (Å²) >= 11 is 0. The van der Waals surface area contributed by atoms with E-state index in [1.165, 1.54) is 53.4 Å². The third-order valence-corrected chi connectivity index (χ3v) is 19.5. The molecule has 3 aliphatic rings. The normalized spacial score (nSPS) is 16.2. The van der Waals surface area contributed by atoms with E-state index in [-0.39, 0.29) is 92.8 Å². The molecule has 1 saturated heterocycles. The van der Waals surface area contributed by atoms with Crippen LogP contribution < -0.4 is 37.5 Å². The van der Waals surface area contributed by atoms with Gasteiger partial charge in [-0.25, -0.2) is 27.8 Å².